The van der Waals surface area contributed by atoms with Crippen molar-refractivity contribution in [2.24, 2.45) is 5.84 Å². The fraction of sp³-hybridized carbons (Fsp3) is 0.333. The summed E-state index contributed by atoms with van der Waals surface area (Å²) in [5.41, 5.74) is 7.87. The Morgan fingerprint density at radius 3 is 2.71 bits per heavy atom. The molecule has 0 unspecified atom stereocenters. The van der Waals surface area contributed by atoms with Gasteiger partial charge in [0.15, 0.2) is 11.6 Å². The monoisotopic (exact) mass is 464 g/mol. The van der Waals surface area contributed by atoms with Gasteiger partial charge in [-0.2, -0.15) is 5.10 Å². The number of benzene rings is 1. The molecule has 1 fully saturated rings. The number of anilines is 1. The minimum atomic E-state index is -0.644. The van der Waals surface area contributed by atoms with Crippen LogP contribution in [-0.2, 0) is 0 Å². The Kier molecular flexibility index (Phi) is 6.34. The second kappa shape index (κ2) is 9.00. The summed E-state index contributed by atoms with van der Waals surface area (Å²) in [6.45, 7) is 3.39. The van der Waals surface area contributed by atoms with Gasteiger partial charge < -0.3 is 10.5 Å². The van der Waals surface area contributed by atoms with Crippen LogP contribution < -0.4 is 16.3 Å². The fourth-order valence-corrected chi connectivity index (χ4v) is 4.38. The molecule has 164 valence electrons. The van der Waals surface area contributed by atoms with Crippen molar-refractivity contribution in [3.8, 4) is 17.0 Å². The number of nitrogens with zero attached hydrogens (tertiary/aromatic N) is 4. The van der Waals surface area contributed by atoms with Crippen LogP contribution in [0.2, 0.25) is 10.0 Å². The number of nitrogens with two attached hydrogens (primary N) is 2. The summed E-state index contributed by atoms with van der Waals surface area (Å²) >= 11 is 12.3. The van der Waals surface area contributed by atoms with Crippen LogP contribution in [0.25, 0.3) is 11.3 Å². The van der Waals surface area contributed by atoms with E-state index in [1.54, 1.807) is 19.2 Å². The maximum Gasteiger partial charge on any atom is 0.166 e. The van der Waals surface area contributed by atoms with Gasteiger partial charge in [0.05, 0.1) is 16.8 Å². The van der Waals surface area contributed by atoms with E-state index < -0.39 is 11.9 Å². The number of rotatable bonds is 5. The first kappa shape index (κ1) is 21.8. The number of ether oxygens (including phenoxy) is 1. The molecule has 0 aliphatic carbocycles. The zero-order valence-corrected chi connectivity index (χ0v) is 18.4. The lowest BCUT2D eigenvalue weighted by Gasteiger charge is -2.28. The van der Waals surface area contributed by atoms with Gasteiger partial charge in [-0.1, -0.05) is 23.2 Å². The van der Waals surface area contributed by atoms with E-state index in [0.717, 1.165) is 37.2 Å². The standard InChI is InChI=1S/C21H23Cl2FN6O/c1-12(19-15(22)2-3-16(24)20(19)23)31-18-10-13(11-27-21(18)25)17-6-9-30(28-17)14-4-7-29(26)8-5-14/h2-3,6,9-12,14H,4-5,7-8,26H2,1H3,(H2,25,27)/t12-/m1/s1. The summed E-state index contributed by atoms with van der Waals surface area (Å²) < 4.78 is 21.8. The predicted octanol–water partition coefficient (Wildman–Crippen LogP) is 4.62. The highest BCUT2D eigenvalue weighted by Gasteiger charge is 2.22. The molecule has 1 aromatic carbocycles. The highest BCUT2D eigenvalue weighted by Crippen LogP contribution is 2.37. The van der Waals surface area contributed by atoms with Crippen LogP contribution in [0.3, 0.4) is 0 Å². The van der Waals surface area contributed by atoms with Crippen LogP contribution in [-0.4, -0.2) is 32.9 Å². The van der Waals surface area contributed by atoms with Gasteiger partial charge in [-0.3, -0.25) is 10.5 Å². The van der Waals surface area contributed by atoms with Crippen molar-refractivity contribution in [2.75, 3.05) is 18.8 Å². The molecule has 31 heavy (non-hydrogen) atoms. The molecule has 1 aliphatic rings. The van der Waals surface area contributed by atoms with E-state index in [9.17, 15) is 4.39 Å². The van der Waals surface area contributed by atoms with Crippen LogP contribution in [0.5, 0.6) is 5.75 Å². The van der Waals surface area contributed by atoms with E-state index in [-0.39, 0.29) is 10.8 Å². The van der Waals surface area contributed by atoms with Crippen LogP contribution in [0, 0.1) is 5.82 Å². The largest absolute Gasteiger partial charge is 0.482 e. The van der Waals surface area contributed by atoms with Crippen molar-refractivity contribution in [3.63, 3.8) is 0 Å². The van der Waals surface area contributed by atoms with Crippen molar-refractivity contribution in [1.29, 1.82) is 0 Å². The Bertz CT molecular complexity index is 1080. The van der Waals surface area contributed by atoms with Crippen molar-refractivity contribution in [3.05, 3.63) is 58.1 Å². The highest BCUT2D eigenvalue weighted by atomic mass is 35.5. The fourth-order valence-electron chi connectivity index (χ4n) is 3.70. The summed E-state index contributed by atoms with van der Waals surface area (Å²) in [4.78, 5) is 4.24. The molecule has 1 atom stereocenters. The molecule has 1 aliphatic heterocycles. The van der Waals surface area contributed by atoms with E-state index in [0.29, 0.717) is 22.4 Å². The molecular weight excluding hydrogens is 442 g/mol. The zero-order valence-electron chi connectivity index (χ0n) is 16.9. The van der Waals surface area contributed by atoms with Gasteiger partial charge in [-0.15, -0.1) is 0 Å². The molecule has 3 aromatic rings. The molecule has 0 radical (unpaired) electrons. The van der Waals surface area contributed by atoms with E-state index in [4.69, 9.17) is 44.6 Å². The lowest BCUT2D eigenvalue weighted by Crippen LogP contribution is -2.39. The zero-order chi connectivity index (χ0) is 22.1. The second-order valence-corrected chi connectivity index (χ2v) is 8.36. The Morgan fingerprint density at radius 2 is 1.97 bits per heavy atom. The van der Waals surface area contributed by atoms with Crippen LogP contribution in [0.4, 0.5) is 10.2 Å². The number of piperidine rings is 1. The van der Waals surface area contributed by atoms with Crippen LogP contribution >= 0.6 is 23.2 Å². The third-order valence-corrected chi connectivity index (χ3v) is 6.16. The van der Waals surface area contributed by atoms with Gasteiger partial charge in [0, 0.05) is 41.6 Å². The van der Waals surface area contributed by atoms with E-state index >= 15 is 0 Å². The molecule has 4 rings (SSSR count). The molecule has 7 nitrogen and oxygen atoms in total. The smallest absolute Gasteiger partial charge is 0.166 e. The summed E-state index contributed by atoms with van der Waals surface area (Å²) in [6.07, 6.45) is 4.84. The molecule has 3 heterocycles. The molecule has 1 saturated heterocycles. The second-order valence-electron chi connectivity index (χ2n) is 7.57. The molecule has 0 bridgehead atoms. The van der Waals surface area contributed by atoms with Gasteiger partial charge in [0.25, 0.3) is 0 Å². The summed E-state index contributed by atoms with van der Waals surface area (Å²) in [6, 6.07) is 6.65. The first-order chi connectivity index (χ1) is 14.8. The Morgan fingerprint density at radius 1 is 1.23 bits per heavy atom. The van der Waals surface area contributed by atoms with Gasteiger partial charge in [-0.05, 0) is 44.0 Å². The molecule has 0 spiro atoms. The molecule has 4 N–H and O–H groups in total. The topological polar surface area (TPSA) is 95.2 Å². The van der Waals surface area contributed by atoms with E-state index in [1.807, 2.05) is 22.0 Å². The van der Waals surface area contributed by atoms with Crippen molar-refractivity contribution in [1.82, 2.24) is 19.8 Å². The first-order valence-corrected chi connectivity index (χ1v) is 10.7. The number of halogens is 3. The number of hydrazine groups is 1. The van der Waals surface area contributed by atoms with Crippen LogP contribution in [0.15, 0.2) is 36.7 Å². The highest BCUT2D eigenvalue weighted by molar-refractivity contribution is 6.36. The van der Waals surface area contributed by atoms with Crippen molar-refractivity contribution >= 4 is 29.0 Å². The van der Waals surface area contributed by atoms with E-state index in [1.165, 1.54) is 12.1 Å². The number of aromatic nitrogens is 3. The predicted molar refractivity (Wildman–Crippen MR) is 119 cm³/mol. The first-order valence-electron chi connectivity index (χ1n) is 9.94. The minimum Gasteiger partial charge on any atom is -0.482 e. The number of hydrogen-bond acceptors (Lipinski definition) is 6. The van der Waals surface area contributed by atoms with E-state index in [2.05, 4.69) is 4.98 Å². The molecule has 10 heteroatoms. The minimum absolute atomic E-state index is 0.0787. The van der Waals surface area contributed by atoms with Crippen molar-refractivity contribution < 1.29 is 9.13 Å². The third-order valence-electron chi connectivity index (χ3n) is 5.45. The lowest BCUT2D eigenvalue weighted by molar-refractivity contribution is 0.183. The Balaban J connectivity index is 1.56. The SMILES string of the molecule is C[C@@H](Oc1cc(-c2ccn(C3CCN(N)CC3)n2)cnc1N)c1c(Cl)ccc(F)c1Cl. The molecule has 2 aromatic heterocycles. The average Bonchev–Trinajstić information content (AvgIpc) is 3.23. The summed E-state index contributed by atoms with van der Waals surface area (Å²) in [5.74, 6) is 5.82. The normalized spacial score (nSPS) is 16.4. The maximum absolute atomic E-state index is 13.9. The Hall–Kier alpha value is -2.39. The molecule has 0 amide bonds. The van der Waals surface area contributed by atoms with Gasteiger partial charge in [0.1, 0.15) is 11.9 Å². The number of hydrogen-bond donors (Lipinski definition) is 2. The number of pyridine rings is 1. The van der Waals surface area contributed by atoms with Gasteiger partial charge in [0.2, 0.25) is 0 Å². The summed E-state index contributed by atoms with van der Waals surface area (Å²) in [7, 11) is 0. The third kappa shape index (κ3) is 4.62. The van der Waals surface area contributed by atoms with Crippen molar-refractivity contribution in [2.45, 2.75) is 31.9 Å². The molecular formula is C21H23Cl2FN6O. The van der Waals surface area contributed by atoms with Gasteiger partial charge >= 0.3 is 0 Å². The van der Waals surface area contributed by atoms with Crippen LogP contribution in [0.1, 0.15) is 37.5 Å². The Labute approximate surface area is 189 Å². The maximum atomic E-state index is 13.9. The lowest BCUT2D eigenvalue weighted by atomic mass is 10.1. The average molecular weight is 465 g/mol. The van der Waals surface area contributed by atoms with Gasteiger partial charge in [-0.25, -0.2) is 14.4 Å². The quantitative estimate of drug-likeness (QED) is 0.422. The number of nitrogen functional groups attached to an aromatic ring is 1. The molecule has 0 saturated carbocycles. The summed E-state index contributed by atoms with van der Waals surface area (Å²) in [5, 5.41) is 6.76.